The van der Waals surface area contributed by atoms with Gasteiger partial charge in [-0.1, -0.05) is 48.3 Å². The molecule has 0 rings (SSSR count). The number of halogens is 29. The lowest BCUT2D eigenvalue weighted by Gasteiger charge is -2.33. The summed E-state index contributed by atoms with van der Waals surface area (Å²) in [5.41, 5.74) is -22.4. The van der Waals surface area contributed by atoms with Gasteiger partial charge in [0.2, 0.25) is 0 Å². The smallest absolute Gasteiger partial charge is 0.233 e. The van der Waals surface area contributed by atoms with Crippen molar-refractivity contribution in [2.45, 2.75) is 149 Å². The molecule has 31 heteroatoms. The molecule has 0 aliphatic carbocycles. The van der Waals surface area contributed by atoms with Crippen molar-refractivity contribution in [3.63, 3.8) is 0 Å². The molecule has 2 unspecified atom stereocenters. The molecule has 0 aliphatic heterocycles. The van der Waals surface area contributed by atoms with Crippen LogP contribution in [0, 0.1) is 11.8 Å². The van der Waals surface area contributed by atoms with Gasteiger partial charge in [-0.25, -0.2) is 22.6 Å². The van der Waals surface area contributed by atoms with E-state index in [2.05, 4.69) is 17.2 Å². The van der Waals surface area contributed by atoms with Gasteiger partial charge in [-0.2, -0.15) is 105 Å². The molecule has 1 nitrogen and oxygen atoms in total. The van der Waals surface area contributed by atoms with E-state index in [0.29, 0.717) is 0 Å². The topological polar surface area (TPSA) is 12.4 Å². The van der Waals surface area contributed by atoms with Crippen LogP contribution in [0.1, 0.15) is 77.0 Å². The van der Waals surface area contributed by atoms with Crippen molar-refractivity contribution < 1.29 is 123 Å². The van der Waals surface area contributed by atoms with E-state index >= 15 is 0 Å². The number of unbranched alkanes of at least 4 members (excludes halogenated alkanes) is 2. The van der Waals surface area contributed by atoms with Crippen LogP contribution in [0.15, 0.2) is 4.99 Å². The second kappa shape index (κ2) is 21.5. The number of rotatable bonds is 19. The Bertz CT molecular complexity index is 1260. The molecule has 0 saturated heterocycles. The lowest BCUT2D eigenvalue weighted by atomic mass is 9.84. The van der Waals surface area contributed by atoms with E-state index in [-0.39, 0.29) is 4.43 Å². The Kier molecular flexibility index (Phi) is 21.7. The third kappa shape index (κ3) is 16.0. The average molecular weight is 1080 g/mol. The summed E-state index contributed by atoms with van der Waals surface area (Å²) in [6.45, 7) is -0.516. The molecule has 0 amide bonds. The minimum absolute atomic E-state index is 0.0492. The van der Waals surface area contributed by atoms with Crippen LogP contribution in [0.4, 0.5) is 123 Å². The fourth-order valence-corrected chi connectivity index (χ4v) is 6.19. The third-order valence-electron chi connectivity index (χ3n) is 8.73. The van der Waals surface area contributed by atoms with E-state index in [9.17, 15) is 123 Å². The second-order valence-corrected chi connectivity index (χ2v) is 14.3. The molecule has 0 aliphatic rings. The molecule has 0 aromatic rings. The van der Waals surface area contributed by atoms with Crippen molar-refractivity contribution in [3.8, 4) is 0 Å². The molecule has 0 aromatic carbocycles. The van der Waals surface area contributed by atoms with E-state index in [1.807, 2.05) is 0 Å². The second-order valence-electron chi connectivity index (χ2n) is 13.1. The summed E-state index contributed by atoms with van der Waals surface area (Å²) in [7, 11) is 0. The first-order valence-electron chi connectivity index (χ1n) is 16.2. The van der Waals surface area contributed by atoms with Gasteiger partial charge in [0.25, 0.3) is 22.7 Å². The highest BCUT2D eigenvalue weighted by Gasteiger charge is 2.75. The molecule has 0 bridgehead atoms. The number of thiocarbonyl (C=S) groups is 1. The van der Waals surface area contributed by atoms with Crippen LogP contribution >= 0.6 is 34.8 Å². The molecule has 360 valence electrons. The maximum absolute atomic E-state index is 13.9. The summed E-state index contributed by atoms with van der Waals surface area (Å²) in [5, 5.41) is 1.74. The summed E-state index contributed by atoms with van der Waals surface area (Å²) in [5.74, 6) is -3.46. The van der Waals surface area contributed by atoms with Gasteiger partial charge in [-0.15, -0.1) is 0 Å². The number of nitrogens with zero attached hydrogens (tertiary/aromatic N) is 1. The molecule has 0 aromatic heterocycles. The SMILES string of the molecule is FC(F)(F)C(F)(CCCCC(CCI)CC(F)(C(F)(F)F)C(F)(F)F)C(F)(F)F.FC(F)(F)C(F)(CCCCC(CCN=C=S)CC(F)(C(F)(F)F)C(F)(F)F)C(F)(F)F. The van der Waals surface area contributed by atoms with Crippen molar-refractivity contribution >= 4 is 40.0 Å². The molecule has 0 heterocycles. The zero-order valence-electron chi connectivity index (χ0n) is 29.4. The number of alkyl halides is 29. The number of aliphatic imine (C=N–C) groups is 1. The van der Waals surface area contributed by atoms with Crippen molar-refractivity contribution in [1.82, 2.24) is 0 Å². The van der Waals surface area contributed by atoms with Crippen LogP contribution in [0.25, 0.3) is 0 Å². The van der Waals surface area contributed by atoms with Crippen LogP contribution in [0.3, 0.4) is 0 Å². The highest BCUT2D eigenvalue weighted by molar-refractivity contribution is 14.1. The predicted octanol–water partition coefficient (Wildman–Crippen LogP) is 15.8. The normalized spacial score (nSPS) is 15.9. The van der Waals surface area contributed by atoms with Crippen molar-refractivity contribution in [3.05, 3.63) is 0 Å². The Labute approximate surface area is 339 Å². The highest BCUT2D eigenvalue weighted by Crippen LogP contribution is 2.54. The summed E-state index contributed by atoms with van der Waals surface area (Å²) in [4.78, 5) is 3.22. The van der Waals surface area contributed by atoms with Crippen LogP contribution in [-0.2, 0) is 0 Å². The zero-order valence-corrected chi connectivity index (χ0v) is 32.3. The van der Waals surface area contributed by atoms with E-state index in [4.69, 9.17) is 0 Å². The van der Waals surface area contributed by atoms with Crippen molar-refractivity contribution in [2.24, 2.45) is 16.8 Å². The lowest BCUT2D eigenvalue weighted by Crippen LogP contribution is -2.54. The van der Waals surface area contributed by atoms with Gasteiger partial charge >= 0.3 is 49.4 Å². The maximum atomic E-state index is 13.9. The van der Waals surface area contributed by atoms with Gasteiger partial charge in [0.1, 0.15) is 0 Å². The quantitative estimate of drug-likeness (QED) is 0.0314. The molecule has 0 saturated carbocycles. The molecule has 0 radical (unpaired) electrons. The zero-order chi connectivity index (χ0) is 48.5. The summed E-state index contributed by atoms with van der Waals surface area (Å²) >= 11 is 5.69. The summed E-state index contributed by atoms with van der Waals surface area (Å²) in [6, 6.07) is 0. The van der Waals surface area contributed by atoms with E-state index in [1.165, 1.54) is 0 Å². The standard InChI is InChI=1S/C15H15F14NS.C14H15F14I/c16-10(12(18,19)20,13(21,22)23)5-2-1-3-9(4-6-30-8-31)7-11(17,14(24,25)26)15(27,28)29;15-9(11(17,18)19,12(20,21)22)5-2-1-3-8(4-6-29)7-10(16,13(23,24)25)14(26,27)28/h9H,1-7H2;8H,1-7H2. The Balaban J connectivity index is 0. The molecular weight excluding hydrogens is 1050 g/mol. The predicted molar refractivity (Wildman–Crippen MR) is 165 cm³/mol. The van der Waals surface area contributed by atoms with Crippen molar-refractivity contribution in [2.75, 3.05) is 11.0 Å². The van der Waals surface area contributed by atoms with Gasteiger partial charge in [0.05, 0.1) is 5.16 Å². The Hall–Kier alpha value is -1.43. The first kappa shape index (κ1) is 60.7. The van der Waals surface area contributed by atoms with Crippen LogP contribution in [0.5, 0.6) is 0 Å². The molecule has 60 heavy (non-hydrogen) atoms. The van der Waals surface area contributed by atoms with Crippen molar-refractivity contribution in [1.29, 1.82) is 0 Å². The van der Waals surface area contributed by atoms with Gasteiger partial charge in [0.15, 0.2) is 0 Å². The Morgan fingerprint density at radius 2 is 0.617 bits per heavy atom. The van der Waals surface area contributed by atoms with Gasteiger partial charge in [-0.3, -0.25) is 0 Å². The first-order valence-corrected chi connectivity index (χ1v) is 18.1. The van der Waals surface area contributed by atoms with E-state index in [0.717, 1.165) is 0 Å². The molecule has 0 fully saturated rings. The van der Waals surface area contributed by atoms with Crippen LogP contribution < -0.4 is 0 Å². The molecular formula is C29H30F28INS. The number of hydrogen-bond donors (Lipinski definition) is 0. The summed E-state index contributed by atoms with van der Waals surface area (Å²) < 4.78 is 356. The van der Waals surface area contributed by atoms with E-state index in [1.54, 1.807) is 27.8 Å². The largest absolute Gasteiger partial charge is 0.431 e. The number of hydrogen-bond acceptors (Lipinski definition) is 2. The van der Waals surface area contributed by atoms with E-state index < -0.39 is 168 Å². The highest BCUT2D eigenvalue weighted by atomic mass is 127. The first-order chi connectivity index (χ1) is 26.3. The van der Waals surface area contributed by atoms with Crippen LogP contribution in [0.2, 0.25) is 0 Å². The monoisotopic (exact) mass is 1080 g/mol. The minimum Gasteiger partial charge on any atom is -0.233 e. The summed E-state index contributed by atoms with van der Waals surface area (Å²) in [6.07, 6.45) is -65.9. The Morgan fingerprint density at radius 3 is 0.833 bits per heavy atom. The molecule has 2 atom stereocenters. The lowest BCUT2D eigenvalue weighted by molar-refractivity contribution is -0.347. The molecule has 0 N–H and O–H groups in total. The van der Waals surface area contributed by atoms with Gasteiger partial charge in [-0.05, 0) is 67.0 Å². The fraction of sp³-hybridized carbons (Fsp3) is 0.966. The van der Waals surface area contributed by atoms with Gasteiger partial charge < -0.3 is 0 Å². The third-order valence-corrected chi connectivity index (χ3v) is 9.48. The number of isothiocyanates is 1. The minimum atomic E-state index is -6.39. The fourth-order valence-electron chi connectivity index (χ4n) is 5.22. The molecule has 0 spiro atoms. The van der Waals surface area contributed by atoms with Gasteiger partial charge in [0, 0.05) is 19.4 Å². The maximum Gasteiger partial charge on any atom is 0.431 e. The average Bonchev–Trinajstić information content (AvgIpc) is 3.00. The van der Waals surface area contributed by atoms with Crippen LogP contribution in [-0.4, -0.2) is 88.2 Å². The Morgan fingerprint density at radius 1 is 0.367 bits per heavy atom.